The van der Waals surface area contributed by atoms with E-state index in [1.807, 2.05) is 13.8 Å². The minimum absolute atomic E-state index is 0.178. The van der Waals surface area contributed by atoms with Crippen LogP contribution in [0.1, 0.15) is 114 Å². The third-order valence-electron chi connectivity index (χ3n) is 7.94. The molecule has 2 aromatic rings. The number of benzene rings is 2. The standard InChI is InChI=1S/C14H20O3S.C13H16O3S.C7H13I.C6H10O/c1-12-5-9-14(10-6-12)18(15,16)17-11-3-2-4-13-7-8-13;1-3-4-5-6-11-16-17(14,15)13-9-7-12(2)8-10-13;8-6-2-1-3-7-4-5-7;1-2-3-4-5-6-7/h5-6,9-10,13H,2-4,7-8,11H2,1H3;1,7-10H,4-6,11H2,2H3;7H,1-6H2;1,7H,3-6H2. The number of aliphatic hydroxyl groups excluding tert-OH is 1. The molecule has 2 saturated carbocycles. The van der Waals surface area contributed by atoms with E-state index >= 15 is 0 Å². The van der Waals surface area contributed by atoms with Gasteiger partial charge in [0.2, 0.25) is 0 Å². The molecule has 2 aliphatic rings. The van der Waals surface area contributed by atoms with Crippen LogP contribution in [0.4, 0.5) is 0 Å². The Hall–Kier alpha value is -1.93. The van der Waals surface area contributed by atoms with Gasteiger partial charge in [-0.25, -0.2) is 0 Å². The number of rotatable bonds is 20. The van der Waals surface area contributed by atoms with Crippen LogP contribution in [-0.2, 0) is 28.6 Å². The summed E-state index contributed by atoms with van der Waals surface area (Å²) in [5.41, 5.74) is 2.05. The number of hydrogen-bond donors (Lipinski definition) is 1. The second-order valence-electron chi connectivity index (χ2n) is 12.8. The highest BCUT2D eigenvalue weighted by Crippen LogP contribution is 2.34. The molecule has 0 spiro atoms. The molecule has 50 heavy (non-hydrogen) atoms. The molecule has 1 N–H and O–H groups in total. The lowest BCUT2D eigenvalue weighted by molar-refractivity contribution is 0.285. The zero-order chi connectivity index (χ0) is 37.1. The number of alkyl halides is 1. The Bertz CT molecular complexity index is 1450. The molecular formula is C40H59IO7S2. The Labute approximate surface area is 318 Å². The summed E-state index contributed by atoms with van der Waals surface area (Å²) in [6.45, 7) is 4.56. The van der Waals surface area contributed by atoms with Crippen molar-refractivity contribution in [1.82, 2.24) is 0 Å². The van der Waals surface area contributed by atoms with Gasteiger partial charge in [0.05, 0.1) is 23.0 Å². The number of halogens is 1. The van der Waals surface area contributed by atoms with Crippen molar-refractivity contribution in [2.75, 3.05) is 24.2 Å². The summed E-state index contributed by atoms with van der Waals surface area (Å²) in [7, 11) is -7.18. The van der Waals surface area contributed by atoms with Crippen LogP contribution in [-0.4, -0.2) is 46.2 Å². The number of terminal acetylenes is 2. The van der Waals surface area contributed by atoms with E-state index in [1.54, 1.807) is 48.5 Å². The lowest BCUT2D eigenvalue weighted by Gasteiger charge is -2.05. The summed E-state index contributed by atoms with van der Waals surface area (Å²) >= 11 is 2.45. The third kappa shape index (κ3) is 24.3. The Morgan fingerprint density at radius 2 is 1.02 bits per heavy atom. The first kappa shape index (κ1) is 46.1. The van der Waals surface area contributed by atoms with Gasteiger partial charge < -0.3 is 5.11 Å². The van der Waals surface area contributed by atoms with Crippen molar-refractivity contribution < 1.29 is 30.3 Å². The fourth-order valence-electron chi connectivity index (χ4n) is 4.43. The minimum Gasteiger partial charge on any atom is -0.396 e. The molecular weight excluding hydrogens is 783 g/mol. The summed E-state index contributed by atoms with van der Waals surface area (Å²) in [5, 5.41) is 8.22. The smallest absolute Gasteiger partial charge is 0.296 e. The highest BCUT2D eigenvalue weighted by molar-refractivity contribution is 14.1. The topological polar surface area (TPSA) is 107 Å². The molecule has 2 aliphatic carbocycles. The van der Waals surface area contributed by atoms with E-state index in [0.29, 0.717) is 19.4 Å². The number of hydrogen-bond acceptors (Lipinski definition) is 7. The molecule has 4 rings (SSSR count). The molecule has 0 radical (unpaired) electrons. The van der Waals surface area contributed by atoms with Gasteiger partial charge in [-0.3, -0.25) is 8.37 Å². The maximum atomic E-state index is 11.8. The van der Waals surface area contributed by atoms with Crippen molar-refractivity contribution in [3.63, 3.8) is 0 Å². The molecule has 280 valence electrons. The van der Waals surface area contributed by atoms with Gasteiger partial charge in [-0.1, -0.05) is 109 Å². The molecule has 10 heteroatoms. The summed E-state index contributed by atoms with van der Waals surface area (Å²) < 4.78 is 58.4. The highest BCUT2D eigenvalue weighted by Gasteiger charge is 2.21. The summed E-state index contributed by atoms with van der Waals surface area (Å²) in [6.07, 6.45) is 28.0. The molecule has 2 aromatic carbocycles. The summed E-state index contributed by atoms with van der Waals surface area (Å²) in [4.78, 5) is 0.440. The SMILES string of the molecule is C#CCCCCO.C#CCCCCOS(=O)(=O)c1ccc(C)cc1.Cc1ccc(S(=O)(=O)OCCCCC2CC2)cc1.ICCCCC1CC1. The predicted molar refractivity (Wildman–Crippen MR) is 213 cm³/mol. The molecule has 7 nitrogen and oxygen atoms in total. The van der Waals surface area contributed by atoms with Gasteiger partial charge in [-0.2, -0.15) is 16.8 Å². The minimum atomic E-state index is -3.62. The molecule has 0 amide bonds. The Morgan fingerprint density at radius 1 is 0.640 bits per heavy atom. The normalized spacial score (nSPS) is 13.6. The molecule has 0 heterocycles. The average Bonchev–Trinajstić information content (AvgIpc) is 4.03. The lowest BCUT2D eigenvalue weighted by Crippen LogP contribution is -2.07. The van der Waals surface area contributed by atoms with Gasteiger partial charge in [-0.15, -0.1) is 24.7 Å². The predicted octanol–water partition coefficient (Wildman–Crippen LogP) is 9.57. The van der Waals surface area contributed by atoms with Crippen molar-refractivity contribution in [2.24, 2.45) is 11.8 Å². The summed E-state index contributed by atoms with van der Waals surface area (Å²) in [6, 6.07) is 13.3. The van der Waals surface area contributed by atoms with Crippen LogP contribution < -0.4 is 0 Å². The van der Waals surface area contributed by atoms with E-state index in [4.69, 9.17) is 26.3 Å². The molecule has 0 atom stereocenters. The molecule has 0 saturated heterocycles. The Morgan fingerprint density at radius 3 is 1.38 bits per heavy atom. The summed E-state index contributed by atoms with van der Waals surface area (Å²) in [5.74, 6) is 7.04. The second kappa shape index (κ2) is 27.7. The number of aryl methyl sites for hydroxylation is 2. The van der Waals surface area contributed by atoms with Crippen LogP contribution in [0.5, 0.6) is 0 Å². The van der Waals surface area contributed by atoms with Crippen LogP contribution in [0.25, 0.3) is 0 Å². The first-order valence-electron chi connectivity index (χ1n) is 17.9. The third-order valence-corrected chi connectivity index (χ3v) is 11.4. The Balaban J connectivity index is 0.000000360. The van der Waals surface area contributed by atoms with Crippen LogP contribution in [0.2, 0.25) is 0 Å². The van der Waals surface area contributed by atoms with Crippen molar-refractivity contribution in [3.8, 4) is 24.7 Å². The van der Waals surface area contributed by atoms with Gasteiger partial charge in [0.1, 0.15) is 0 Å². The largest absolute Gasteiger partial charge is 0.396 e. The molecule has 2 fully saturated rings. The molecule has 0 aromatic heterocycles. The van der Waals surface area contributed by atoms with Crippen LogP contribution in [0.3, 0.4) is 0 Å². The zero-order valence-corrected chi connectivity index (χ0v) is 34.0. The van der Waals surface area contributed by atoms with E-state index in [-0.39, 0.29) is 23.0 Å². The lowest BCUT2D eigenvalue weighted by atomic mass is 10.2. The fraction of sp³-hybridized carbons (Fsp3) is 0.600. The molecule has 0 bridgehead atoms. The first-order valence-corrected chi connectivity index (χ1v) is 22.3. The van der Waals surface area contributed by atoms with E-state index in [9.17, 15) is 16.8 Å². The Kier molecular flexibility index (Phi) is 25.5. The maximum absolute atomic E-state index is 11.8. The van der Waals surface area contributed by atoms with E-state index in [2.05, 4.69) is 34.4 Å². The van der Waals surface area contributed by atoms with Crippen molar-refractivity contribution in [3.05, 3.63) is 59.7 Å². The van der Waals surface area contributed by atoms with E-state index in [0.717, 1.165) is 61.5 Å². The van der Waals surface area contributed by atoms with Crippen molar-refractivity contribution in [2.45, 2.75) is 126 Å². The van der Waals surface area contributed by atoms with Crippen LogP contribution in [0.15, 0.2) is 58.3 Å². The van der Waals surface area contributed by atoms with Crippen LogP contribution >= 0.6 is 22.6 Å². The van der Waals surface area contributed by atoms with Gasteiger partial charge in [0, 0.05) is 19.4 Å². The van der Waals surface area contributed by atoms with Gasteiger partial charge in [-0.05, 0) is 92.9 Å². The van der Waals surface area contributed by atoms with E-state index < -0.39 is 20.2 Å². The molecule has 0 unspecified atom stereocenters. The van der Waals surface area contributed by atoms with Crippen molar-refractivity contribution >= 4 is 42.8 Å². The molecule has 0 aliphatic heterocycles. The quantitative estimate of drug-likeness (QED) is 0.0466. The van der Waals surface area contributed by atoms with Gasteiger partial charge in [0.25, 0.3) is 20.2 Å². The number of unbranched alkanes of at least 4 members (excludes halogenated alkanes) is 6. The average molecular weight is 843 g/mol. The zero-order valence-electron chi connectivity index (χ0n) is 30.2. The van der Waals surface area contributed by atoms with Gasteiger partial charge >= 0.3 is 0 Å². The van der Waals surface area contributed by atoms with E-state index in [1.165, 1.54) is 55.8 Å². The highest BCUT2D eigenvalue weighted by atomic mass is 127. The fourth-order valence-corrected chi connectivity index (χ4v) is 6.85. The maximum Gasteiger partial charge on any atom is 0.296 e. The monoisotopic (exact) mass is 842 g/mol. The number of aliphatic hydroxyl groups is 1. The van der Waals surface area contributed by atoms with Gasteiger partial charge in [0.15, 0.2) is 0 Å². The van der Waals surface area contributed by atoms with Crippen LogP contribution in [0, 0.1) is 50.4 Å². The first-order chi connectivity index (χ1) is 24.0. The second-order valence-corrected chi connectivity index (χ2v) is 17.1. The van der Waals surface area contributed by atoms with Crippen molar-refractivity contribution in [1.29, 1.82) is 0 Å².